The van der Waals surface area contributed by atoms with Crippen LogP contribution in [0.3, 0.4) is 0 Å². The lowest BCUT2D eigenvalue weighted by atomic mass is 10.1. The van der Waals surface area contributed by atoms with Crippen molar-refractivity contribution in [2.75, 3.05) is 0 Å². The molecule has 0 spiro atoms. The molecule has 96 valence electrons. The molecule has 0 saturated heterocycles. The lowest BCUT2D eigenvalue weighted by Gasteiger charge is -2.18. The van der Waals surface area contributed by atoms with Gasteiger partial charge in [0, 0.05) is 11.1 Å². The molecule has 2 rings (SSSR count). The Morgan fingerprint density at radius 2 is 1.89 bits per heavy atom. The maximum atomic E-state index is 5.66. The van der Waals surface area contributed by atoms with E-state index in [4.69, 9.17) is 4.42 Å². The van der Waals surface area contributed by atoms with E-state index in [-0.39, 0.29) is 5.54 Å². The van der Waals surface area contributed by atoms with Crippen molar-refractivity contribution in [1.82, 2.24) is 15.5 Å². The molecule has 4 nitrogen and oxygen atoms in total. The Morgan fingerprint density at radius 3 is 2.56 bits per heavy atom. The van der Waals surface area contributed by atoms with Crippen LogP contribution < -0.4 is 5.32 Å². The zero-order valence-corrected chi connectivity index (χ0v) is 11.3. The molecule has 4 heteroatoms. The monoisotopic (exact) mass is 245 g/mol. The molecule has 18 heavy (non-hydrogen) atoms. The number of hydrogen-bond acceptors (Lipinski definition) is 4. The molecule has 1 aromatic heterocycles. The number of nitrogens with zero attached hydrogens (tertiary/aromatic N) is 2. The Bertz CT molecular complexity index is 526. The van der Waals surface area contributed by atoms with Crippen molar-refractivity contribution in [3.05, 3.63) is 35.7 Å². The zero-order valence-electron chi connectivity index (χ0n) is 11.3. The van der Waals surface area contributed by atoms with Crippen molar-refractivity contribution in [2.24, 2.45) is 0 Å². The fraction of sp³-hybridized carbons (Fsp3) is 0.429. The molecule has 0 aliphatic carbocycles. The van der Waals surface area contributed by atoms with Gasteiger partial charge in [0.05, 0.1) is 6.54 Å². The summed E-state index contributed by atoms with van der Waals surface area (Å²) < 4.78 is 5.66. The summed E-state index contributed by atoms with van der Waals surface area (Å²) >= 11 is 0. The number of nitrogens with one attached hydrogen (secondary N) is 1. The molecule has 0 unspecified atom stereocenters. The summed E-state index contributed by atoms with van der Waals surface area (Å²) in [7, 11) is 0. The molecular formula is C14H19N3O. The lowest BCUT2D eigenvalue weighted by molar-refractivity contribution is 0.383. The fourth-order valence-corrected chi connectivity index (χ4v) is 1.59. The van der Waals surface area contributed by atoms with Gasteiger partial charge >= 0.3 is 0 Å². The largest absolute Gasteiger partial charge is 0.419 e. The van der Waals surface area contributed by atoms with Crippen LogP contribution in [0.15, 0.2) is 28.7 Å². The third-order valence-corrected chi connectivity index (χ3v) is 2.61. The van der Waals surface area contributed by atoms with Crippen LogP contribution in [0.25, 0.3) is 11.5 Å². The van der Waals surface area contributed by atoms with Crippen molar-refractivity contribution in [1.29, 1.82) is 0 Å². The second kappa shape index (κ2) is 4.90. The molecule has 1 aromatic carbocycles. The van der Waals surface area contributed by atoms with Crippen LogP contribution in [0.5, 0.6) is 0 Å². The molecular weight excluding hydrogens is 226 g/mol. The van der Waals surface area contributed by atoms with Gasteiger partial charge in [0.2, 0.25) is 11.8 Å². The van der Waals surface area contributed by atoms with Crippen molar-refractivity contribution in [3.63, 3.8) is 0 Å². The van der Waals surface area contributed by atoms with E-state index in [1.54, 1.807) is 0 Å². The first-order chi connectivity index (χ1) is 8.46. The third kappa shape index (κ3) is 3.17. The minimum atomic E-state index is 0.0390. The van der Waals surface area contributed by atoms with Crippen LogP contribution in [0.1, 0.15) is 32.2 Å². The van der Waals surface area contributed by atoms with Crippen molar-refractivity contribution < 1.29 is 4.42 Å². The summed E-state index contributed by atoms with van der Waals surface area (Å²) in [6, 6.07) is 7.99. The summed E-state index contributed by atoms with van der Waals surface area (Å²) in [6.07, 6.45) is 0. The number of benzene rings is 1. The normalized spacial score (nSPS) is 11.8. The van der Waals surface area contributed by atoms with E-state index >= 15 is 0 Å². The Balaban J connectivity index is 2.14. The highest BCUT2D eigenvalue weighted by Crippen LogP contribution is 2.21. The number of aryl methyl sites for hydroxylation is 1. The summed E-state index contributed by atoms with van der Waals surface area (Å²) in [4.78, 5) is 0. The lowest BCUT2D eigenvalue weighted by Crippen LogP contribution is -2.35. The van der Waals surface area contributed by atoms with E-state index in [0.717, 1.165) is 11.1 Å². The minimum Gasteiger partial charge on any atom is -0.419 e. The van der Waals surface area contributed by atoms with Crippen LogP contribution in [0.2, 0.25) is 0 Å². The highest BCUT2D eigenvalue weighted by atomic mass is 16.4. The van der Waals surface area contributed by atoms with Gasteiger partial charge in [0.25, 0.3) is 0 Å². The van der Waals surface area contributed by atoms with Gasteiger partial charge in [0.1, 0.15) is 0 Å². The average Bonchev–Trinajstić information content (AvgIpc) is 2.75. The molecule has 0 saturated carbocycles. The average molecular weight is 245 g/mol. The highest BCUT2D eigenvalue weighted by Gasteiger charge is 2.13. The first-order valence-corrected chi connectivity index (χ1v) is 6.09. The first-order valence-electron chi connectivity index (χ1n) is 6.09. The predicted molar refractivity (Wildman–Crippen MR) is 71.1 cm³/mol. The van der Waals surface area contributed by atoms with Crippen LogP contribution in [-0.2, 0) is 6.54 Å². The molecule has 0 aliphatic heterocycles. The Morgan fingerprint density at radius 1 is 1.17 bits per heavy atom. The van der Waals surface area contributed by atoms with E-state index in [0.29, 0.717) is 18.3 Å². The zero-order chi connectivity index (χ0) is 13.2. The molecule has 0 radical (unpaired) electrons. The smallest absolute Gasteiger partial charge is 0.248 e. The van der Waals surface area contributed by atoms with Crippen molar-refractivity contribution >= 4 is 0 Å². The van der Waals surface area contributed by atoms with Crippen LogP contribution in [0.4, 0.5) is 0 Å². The van der Waals surface area contributed by atoms with Gasteiger partial charge in [-0.25, -0.2) is 0 Å². The van der Waals surface area contributed by atoms with E-state index in [1.807, 2.05) is 31.2 Å². The molecule has 0 atom stereocenters. The number of rotatable bonds is 3. The number of hydrogen-bond donors (Lipinski definition) is 1. The van der Waals surface area contributed by atoms with Crippen molar-refractivity contribution in [2.45, 2.75) is 39.8 Å². The fourth-order valence-electron chi connectivity index (χ4n) is 1.59. The van der Waals surface area contributed by atoms with Crippen LogP contribution in [-0.4, -0.2) is 15.7 Å². The van der Waals surface area contributed by atoms with Gasteiger partial charge in [-0.3, -0.25) is 0 Å². The summed E-state index contributed by atoms with van der Waals surface area (Å²) in [5.41, 5.74) is 2.17. The summed E-state index contributed by atoms with van der Waals surface area (Å²) in [6.45, 7) is 8.93. The van der Waals surface area contributed by atoms with Gasteiger partial charge < -0.3 is 9.73 Å². The van der Waals surface area contributed by atoms with Gasteiger partial charge in [-0.2, -0.15) is 0 Å². The second-order valence-electron chi connectivity index (χ2n) is 5.42. The maximum absolute atomic E-state index is 5.66. The van der Waals surface area contributed by atoms with Gasteiger partial charge in [-0.1, -0.05) is 18.2 Å². The van der Waals surface area contributed by atoms with Gasteiger partial charge in [0.15, 0.2) is 0 Å². The molecule has 1 N–H and O–H groups in total. The maximum Gasteiger partial charge on any atom is 0.248 e. The van der Waals surface area contributed by atoms with Crippen LogP contribution in [0, 0.1) is 6.92 Å². The van der Waals surface area contributed by atoms with E-state index < -0.39 is 0 Å². The second-order valence-corrected chi connectivity index (χ2v) is 5.42. The minimum absolute atomic E-state index is 0.0390. The van der Waals surface area contributed by atoms with Crippen molar-refractivity contribution in [3.8, 4) is 11.5 Å². The Kier molecular flexibility index (Phi) is 3.48. The first kappa shape index (κ1) is 12.8. The molecule has 0 bridgehead atoms. The molecule has 0 fully saturated rings. The van der Waals surface area contributed by atoms with E-state index in [2.05, 4.69) is 36.3 Å². The summed E-state index contributed by atoms with van der Waals surface area (Å²) in [5, 5.41) is 11.5. The molecule has 0 aliphatic rings. The predicted octanol–water partition coefficient (Wildman–Crippen LogP) is 2.93. The Labute approximate surface area is 107 Å². The van der Waals surface area contributed by atoms with Gasteiger partial charge in [-0.15, -0.1) is 10.2 Å². The topological polar surface area (TPSA) is 51.0 Å². The summed E-state index contributed by atoms with van der Waals surface area (Å²) in [5.74, 6) is 1.20. The number of aromatic nitrogens is 2. The quantitative estimate of drug-likeness (QED) is 0.903. The molecule has 0 amide bonds. The van der Waals surface area contributed by atoms with E-state index in [1.165, 1.54) is 0 Å². The highest BCUT2D eigenvalue weighted by molar-refractivity contribution is 5.57. The van der Waals surface area contributed by atoms with Crippen LogP contribution >= 0.6 is 0 Å². The molecule has 2 aromatic rings. The SMILES string of the molecule is Cc1ccccc1-c1nnc(CNC(C)(C)C)o1. The Hall–Kier alpha value is -1.68. The third-order valence-electron chi connectivity index (χ3n) is 2.61. The van der Waals surface area contributed by atoms with E-state index in [9.17, 15) is 0 Å². The van der Waals surface area contributed by atoms with Gasteiger partial charge in [-0.05, 0) is 39.3 Å². The standard InChI is InChI=1S/C14H19N3O/c1-10-7-5-6-8-11(10)13-17-16-12(18-13)9-15-14(2,3)4/h5-8,15H,9H2,1-4H3. The molecule has 1 heterocycles.